The third kappa shape index (κ3) is 5.17. The molecule has 0 spiro atoms. The summed E-state index contributed by atoms with van der Waals surface area (Å²) in [6.07, 6.45) is 5.95. The third-order valence-electron chi connectivity index (χ3n) is 2.86. The largest absolute Gasteiger partial charge is 0.619 e. The Bertz CT molecular complexity index is 374. The molecule has 1 aromatic heterocycles. The maximum atomic E-state index is 11.8. The summed E-state index contributed by atoms with van der Waals surface area (Å²) in [7, 11) is 0. The molecule has 4 nitrogen and oxygen atoms in total. The van der Waals surface area contributed by atoms with Crippen LogP contribution in [0.4, 0.5) is 0 Å². The smallest absolute Gasteiger partial charge is 0.251 e. The van der Waals surface area contributed by atoms with Crippen molar-refractivity contribution in [1.29, 1.82) is 0 Å². The lowest BCUT2D eigenvalue weighted by molar-refractivity contribution is -0.605. The fourth-order valence-electron chi connectivity index (χ4n) is 1.78. The van der Waals surface area contributed by atoms with Crippen LogP contribution in [0, 0.1) is 11.1 Å². The van der Waals surface area contributed by atoms with E-state index in [-0.39, 0.29) is 11.9 Å². The van der Waals surface area contributed by atoms with E-state index in [2.05, 4.69) is 19.2 Å². The van der Waals surface area contributed by atoms with Gasteiger partial charge in [0, 0.05) is 18.2 Å². The quantitative estimate of drug-likeness (QED) is 0.622. The van der Waals surface area contributed by atoms with E-state index < -0.39 is 0 Å². The van der Waals surface area contributed by atoms with E-state index in [1.807, 2.05) is 6.92 Å². The van der Waals surface area contributed by atoms with E-state index >= 15 is 0 Å². The molecule has 0 aliphatic carbocycles. The van der Waals surface area contributed by atoms with Gasteiger partial charge in [-0.15, -0.1) is 0 Å². The molecule has 1 N–H and O–H groups in total. The highest BCUT2D eigenvalue weighted by molar-refractivity contribution is 5.94. The number of nitrogens with one attached hydrogen (secondary N) is 1. The van der Waals surface area contributed by atoms with Crippen molar-refractivity contribution < 1.29 is 9.52 Å². The van der Waals surface area contributed by atoms with Crippen molar-refractivity contribution in [3.63, 3.8) is 0 Å². The second-order valence-electron chi connectivity index (χ2n) is 5.15. The zero-order valence-corrected chi connectivity index (χ0v) is 11.3. The van der Waals surface area contributed by atoms with Gasteiger partial charge in [0.25, 0.3) is 5.91 Å². The van der Waals surface area contributed by atoms with Crippen LogP contribution in [-0.2, 0) is 0 Å². The maximum Gasteiger partial charge on any atom is 0.251 e. The van der Waals surface area contributed by atoms with Crippen LogP contribution in [0.1, 0.15) is 50.4 Å². The van der Waals surface area contributed by atoms with E-state index in [0.29, 0.717) is 16.2 Å². The Morgan fingerprint density at radius 1 is 1.28 bits per heavy atom. The Labute approximate surface area is 109 Å². The molecule has 0 aliphatic rings. The predicted molar refractivity (Wildman–Crippen MR) is 71.0 cm³/mol. The Kier molecular flexibility index (Phi) is 5.62. The predicted octanol–water partition coefficient (Wildman–Crippen LogP) is 2.26. The average Bonchev–Trinajstić information content (AvgIpc) is 2.29. The molecule has 0 saturated carbocycles. The van der Waals surface area contributed by atoms with Crippen LogP contribution < -0.4 is 10.0 Å². The fraction of sp³-hybridized carbons (Fsp3) is 0.571. The van der Waals surface area contributed by atoms with Gasteiger partial charge in [0.15, 0.2) is 12.4 Å². The van der Waals surface area contributed by atoms with Gasteiger partial charge in [-0.05, 0) is 19.3 Å². The number of aromatic nitrogens is 1. The monoisotopic (exact) mass is 250 g/mol. The molecular formula is C14H22N2O2. The Morgan fingerprint density at radius 3 is 2.44 bits per heavy atom. The van der Waals surface area contributed by atoms with Gasteiger partial charge in [0.2, 0.25) is 0 Å². The lowest BCUT2D eigenvalue weighted by Gasteiger charge is -2.14. The number of hydrogen-bond donors (Lipinski definition) is 1. The van der Waals surface area contributed by atoms with Crippen LogP contribution in [0.25, 0.3) is 0 Å². The van der Waals surface area contributed by atoms with E-state index in [9.17, 15) is 10.0 Å². The zero-order chi connectivity index (χ0) is 13.5. The molecular weight excluding hydrogens is 228 g/mol. The van der Waals surface area contributed by atoms with Gasteiger partial charge >= 0.3 is 0 Å². The molecule has 1 atom stereocenters. The summed E-state index contributed by atoms with van der Waals surface area (Å²) in [6, 6.07) is 3.22. The molecule has 18 heavy (non-hydrogen) atoms. The van der Waals surface area contributed by atoms with Crippen molar-refractivity contribution in [2.24, 2.45) is 5.92 Å². The minimum Gasteiger partial charge on any atom is -0.619 e. The van der Waals surface area contributed by atoms with Crippen LogP contribution in [0.15, 0.2) is 24.5 Å². The Hall–Kier alpha value is -1.58. The van der Waals surface area contributed by atoms with E-state index in [0.717, 1.165) is 12.8 Å². The number of pyridine rings is 1. The van der Waals surface area contributed by atoms with Gasteiger partial charge in [-0.3, -0.25) is 4.79 Å². The first-order chi connectivity index (χ1) is 8.49. The molecule has 100 valence electrons. The van der Waals surface area contributed by atoms with Crippen LogP contribution in [0.5, 0.6) is 0 Å². The molecule has 0 radical (unpaired) electrons. The van der Waals surface area contributed by atoms with Crippen molar-refractivity contribution in [2.75, 3.05) is 0 Å². The molecule has 4 heteroatoms. The molecule has 1 unspecified atom stereocenters. The van der Waals surface area contributed by atoms with Gasteiger partial charge in [-0.25, -0.2) is 0 Å². The zero-order valence-electron chi connectivity index (χ0n) is 11.3. The van der Waals surface area contributed by atoms with Gasteiger partial charge in [-0.1, -0.05) is 26.7 Å². The van der Waals surface area contributed by atoms with Gasteiger partial charge in [-0.2, -0.15) is 4.73 Å². The van der Waals surface area contributed by atoms with Crippen LogP contribution in [0.3, 0.4) is 0 Å². The number of nitrogens with zero attached hydrogens (tertiary/aromatic N) is 1. The SMILES string of the molecule is CC(C)CCCC(C)NC(=O)c1cc[n+]([O-])cc1. The fourth-order valence-corrected chi connectivity index (χ4v) is 1.78. The van der Waals surface area contributed by atoms with Crippen LogP contribution in [-0.4, -0.2) is 11.9 Å². The van der Waals surface area contributed by atoms with Crippen molar-refractivity contribution in [1.82, 2.24) is 5.32 Å². The van der Waals surface area contributed by atoms with Gasteiger partial charge < -0.3 is 10.5 Å². The van der Waals surface area contributed by atoms with Gasteiger partial charge in [0.1, 0.15) is 0 Å². The number of carbonyl (C=O) groups is 1. The molecule has 1 amide bonds. The summed E-state index contributed by atoms with van der Waals surface area (Å²) in [6.45, 7) is 6.41. The summed E-state index contributed by atoms with van der Waals surface area (Å²) in [5.74, 6) is 0.585. The average molecular weight is 250 g/mol. The summed E-state index contributed by atoms with van der Waals surface area (Å²) in [4.78, 5) is 11.8. The minimum atomic E-state index is -0.118. The second kappa shape index (κ2) is 6.99. The lowest BCUT2D eigenvalue weighted by Crippen LogP contribution is -2.33. The second-order valence-corrected chi connectivity index (χ2v) is 5.15. The summed E-state index contributed by atoms with van der Waals surface area (Å²) in [5, 5.41) is 13.8. The number of rotatable bonds is 6. The molecule has 0 bridgehead atoms. The number of amides is 1. The van der Waals surface area contributed by atoms with Crippen LogP contribution in [0.2, 0.25) is 0 Å². The van der Waals surface area contributed by atoms with E-state index in [4.69, 9.17) is 0 Å². The number of hydrogen-bond acceptors (Lipinski definition) is 2. The maximum absolute atomic E-state index is 11.8. The highest BCUT2D eigenvalue weighted by Crippen LogP contribution is 2.08. The van der Waals surface area contributed by atoms with Crippen molar-refractivity contribution in [3.05, 3.63) is 35.3 Å². The molecule has 1 heterocycles. The van der Waals surface area contributed by atoms with Gasteiger partial charge in [0.05, 0.1) is 5.56 Å². The van der Waals surface area contributed by atoms with Crippen molar-refractivity contribution in [3.8, 4) is 0 Å². The lowest BCUT2D eigenvalue weighted by atomic mass is 10.0. The molecule has 0 aromatic carbocycles. The molecule has 0 saturated heterocycles. The standard InChI is InChI=1S/C14H22N2O2/c1-11(2)5-4-6-12(3)15-14(17)13-7-9-16(18)10-8-13/h7-12H,4-6H2,1-3H3,(H,15,17). The Balaban J connectivity index is 2.37. The third-order valence-corrected chi connectivity index (χ3v) is 2.86. The first kappa shape index (κ1) is 14.5. The minimum absolute atomic E-state index is 0.118. The topological polar surface area (TPSA) is 56.0 Å². The molecule has 0 aliphatic heterocycles. The van der Waals surface area contributed by atoms with Crippen LogP contribution >= 0.6 is 0 Å². The summed E-state index contributed by atoms with van der Waals surface area (Å²) >= 11 is 0. The molecule has 1 aromatic rings. The summed E-state index contributed by atoms with van der Waals surface area (Å²) in [5.41, 5.74) is 0.526. The highest BCUT2D eigenvalue weighted by atomic mass is 16.5. The Morgan fingerprint density at radius 2 is 1.89 bits per heavy atom. The van der Waals surface area contributed by atoms with E-state index in [1.54, 1.807) is 0 Å². The van der Waals surface area contributed by atoms with E-state index in [1.165, 1.54) is 30.9 Å². The van der Waals surface area contributed by atoms with Crippen molar-refractivity contribution in [2.45, 2.75) is 46.1 Å². The first-order valence-corrected chi connectivity index (χ1v) is 6.48. The molecule has 1 rings (SSSR count). The highest BCUT2D eigenvalue weighted by Gasteiger charge is 2.10. The summed E-state index contributed by atoms with van der Waals surface area (Å²) < 4.78 is 0.669. The number of carbonyl (C=O) groups excluding carboxylic acids is 1. The van der Waals surface area contributed by atoms with Crippen molar-refractivity contribution >= 4 is 5.91 Å². The first-order valence-electron chi connectivity index (χ1n) is 6.48. The molecule has 0 fully saturated rings. The normalized spacial score (nSPS) is 12.4.